The number of benzene rings is 2. The van der Waals surface area contributed by atoms with Crippen LogP contribution in [-0.4, -0.2) is 32.6 Å². The van der Waals surface area contributed by atoms with Crippen LogP contribution in [-0.2, 0) is 24.4 Å². The zero-order chi connectivity index (χ0) is 18.3. The number of carbonyl (C=O) groups is 1. The van der Waals surface area contributed by atoms with Gasteiger partial charge in [0.25, 0.3) is 0 Å². The van der Waals surface area contributed by atoms with Gasteiger partial charge >= 0.3 is 5.97 Å². The van der Waals surface area contributed by atoms with Gasteiger partial charge in [0, 0.05) is 41.7 Å². The number of fused-ring (bicyclic) bond motifs is 3. The van der Waals surface area contributed by atoms with E-state index >= 15 is 0 Å². The van der Waals surface area contributed by atoms with Crippen molar-refractivity contribution < 1.29 is 19.4 Å². The fourth-order valence-electron chi connectivity index (χ4n) is 3.80. The summed E-state index contributed by atoms with van der Waals surface area (Å²) in [7, 11) is 0. The Bertz CT molecular complexity index is 982. The first-order chi connectivity index (χ1) is 12.6. The van der Waals surface area contributed by atoms with Gasteiger partial charge in [0.2, 0.25) is 0 Å². The zero-order valence-electron chi connectivity index (χ0n) is 14.1. The van der Waals surface area contributed by atoms with E-state index in [4.69, 9.17) is 0 Å². The predicted octanol–water partition coefficient (Wildman–Crippen LogP) is 2.98. The van der Waals surface area contributed by atoms with E-state index in [1.54, 1.807) is 0 Å². The number of nitrogens with zero attached hydrogens (tertiary/aromatic N) is 1. The largest absolute Gasteiger partial charge is 0.480 e. The van der Waals surface area contributed by atoms with Gasteiger partial charge in [-0.3, -0.25) is 9.69 Å². The van der Waals surface area contributed by atoms with Gasteiger partial charge in [-0.05, 0) is 29.3 Å². The molecular formula is C20H19FN2O3. The Morgan fingerprint density at radius 3 is 2.85 bits per heavy atom. The minimum atomic E-state index is -0.983. The summed E-state index contributed by atoms with van der Waals surface area (Å²) in [5.41, 5.74) is 3.89. The number of rotatable bonds is 4. The monoisotopic (exact) mass is 354 g/mol. The maximum absolute atomic E-state index is 13.7. The van der Waals surface area contributed by atoms with Crippen LogP contribution in [0.4, 0.5) is 4.39 Å². The highest BCUT2D eigenvalue weighted by Gasteiger charge is 2.32. The molecule has 0 aliphatic carbocycles. The molecule has 0 saturated heterocycles. The molecule has 3 aromatic rings. The van der Waals surface area contributed by atoms with Crippen LogP contribution in [0, 0.1) is 5.82 Å². The fourth-order valence-corrected chi connectivity index (χ4v) is 3.80. The molecule has 1 unspecified atom stereocenters. The van der Waals surface area contributed by atoms with Crippen molar-refractivity contribution in [2.24, 2.45) is 0 Å². The van der Waals surface area contributed by atoms with Crippen molar-refractivity contribution in [2.45, 2.75) is 25.6 Å². The number of H-pyrrole nitrogens is 1. The first-order valence-electron chi connectivity index (χ1n) is 8.53. The Hall–Kier alpha value is -2.70. The molecule has 0 fully saturated rings. The van der Waals surface area contributed by atoms with E-state index in [0.717, 1.165) is 28.6 Å². The first kappa shape index (κ1) is 16.8. The maximum Gasteiger partial charge on any atom is 0.325 e. The van der Waals surface area contributed by atoms with Crippen LogP contribution >= 0.6 is 0 Å². The highest BCUT2D eigenvalue weighted by Crippen LogP contribution is 2.33. The lowest BCUT2D eigenvalue weighted by molar-refractivity contribution is -0.144. The number of nitrogens with one attached hydrogen (secondary N) is 1. The summed E-state index contributed by atoms with van der Waals surface area (Å²) in [6, 6.07) is 11.2. The average molecular weight is 354 g/mol. The summed E-state index contributed by atoms with van der Waals surface area (Å²) < 4.78 is 13.7. The van der Waals surface area contributed by atoms with E-state index in [1.165, 1.54) is 18.2 Å². The average Bonchev–Trinajstić information content (AvgIpc) is 3.01. The van der Waals surface area contributed by atoms with Crippen molar-refractivity contribution in [1.82, 2.24) is 9.88 Å². The van der Waals surface area contributed by atoms with Crippen LogP contribution in [0.5, 0.6) is 0 Å². The van der Waals surface area contributed by atoms with Crippen LogP contribution in [0.2, 0.25) is 0 Å². The van der Waals surface area contributed by atoms with Crippen molar-refractivity contribution in [3.63, 3.8) is 0 Å². The van der Waals surface area contributed by atoms with Gasteiger partial charge in [-0.25, -0.2) is 4.39 Å². The molecule has 0 bridgehead atoms. The lowest BCUT2D eigenvalue weighted by Crippen LogP contribution is -2.38. The lowest BCUT2D eigenvalue weighted by Gasteiger charge is -2.32. The number of hydrogen-bond acceptors (Lipinski definition) is 3. The topological polar surface area (TPSA) is 76.6 Å². The van der Waals surface area contributed by atoms with Gasteiger partial charge in [0.15, 0.2) is 0 Å². The highest BCUT2D eigenvalue weighted by atomic mass is 19.1. The SMILES string of the molecule is O=C(O)C(c1ccc(F)c(CO)c1)N1CCc2[nH]c3ccccc3c2C1. The number of halogens is 1. The molecule has 0 amide bonds. The van der Waals surface area contributed by atoms with E-state index in [1.807, 2.05) is 29.2 Å². The zero-order valence-corrected chi connectivity index (χ0v) is 14.1. The van der Waals surface area contributed by atoms with Gasteiger partial charge in [-0.2, -0.15) is 0 Å². The standard InChI is InChI=1S/C20H19FN2O3/c21-16-6-5-12(9-13(16)11-24)19(20(25)26)23-8-7-18-15(10-23)14-3-1-2-4-17(14)22-18/h1-6,9,19,22,24H,7-8,10-11H2,(H,25,26). The Labute approximate surface area is 149 Å². The number of aromatic nitrogens is 1. The second-order valence-electron chi connectivity index (χ2n) is 6.60. The molecule has 1 atom stereocenters. The van der Waals surface area contributed by atoms with Crippen molar-refractivity contribution in [3.8, 4) is 0 Å². The Morgan fingerprint density at radius 1 is 1.27 bits per heavy atom. The van der Waals surface area contributed by atoms with Gasteiger partial charge in [0.1, 0.15) is 11.9 Å². The third-order valence-electron chi connectivity index (χ3n) is 5.07. The molecule has 2 aromatic carbocycles. The number of aliphatic carboxylic acids is 1. The molecule has 5 nitrogen and oxygen atoms in total. The third-order valence-corrected chi connectivity index (χ3v) is 5.07. The number of aliphatic hydroxyl groups is 1. The molecule has 0 radical (unpaired) electrons. The maximum atomic E-state index is 13.7. The van der Waals surface area contributed by atoms with Gasteiger partial charge in [-0.15, -0.1) is 0 Å². The lowest BCUT2D eigenvalue weighted by atomic mass is 9.98. The van der Waals surface area contributed by atoms with E-state index in [9.17, 15) is 19.4 Å². The van der Waals surface area contributed by atoms with Crippen LogP contribution in [0.25, 0.3) is 10.9 Å². The van der Waals surface area contributed by atoms with E-state index in [0.29, 0.717) is 18.7 Å². The predicted molar refractivity (Wildman–Crippen MR) is 95.1 cm³/mol. The van der Waals surface area contributed by atoms with Crippen LogP contribution < -0.4 is 0 Å². The summed E-state index contributed by atoms with van der Waals surface area (Å²) in [5, 5.41) is 20.2. The van der Waals surface area contributed by atoms with E-state index < -0.39 is 24.4 Å². The van der Waals surface area contributed by atoms with Gasteiger partial charge in [0.05, 0.1) is 6.61 Å². The van der Waals surface area contributed by atoms with Crippen molar-refractivity contribution >= 4 is 16.9 Å². The van der Waals surface area contributed by atoms with Gasteiger partial charge in [-0.1, -0.05) is 24.3 Å². The minimum Gasteiger partial charge on any atom is -0.480 e. The van der Waals surface area contributed by atoms with Crippen LogP contribution in [0.15, 0.2) is 42.5 Å². The van der Waals surface area contributed by atoms with Crippen molar-refractivity contribution in [3.05, 3.63) is 70.7 Å². The Balaban J connectivity index is 1.72. The number of carboxylic acid groups (broad SMARTS) is 1. The molecule has 1 aliphatic heterocycles. The molecule has 1 aromatic heterocycles. The molecule has 26 heavy (non-hydrogen) atoms. The van der Waals surface area contributed by atoms with Crippen LogP contribution in [0.3, 0.4) is 0 Å². The second-order valence-corrected chi connectivity index (χ2v) is 6.60. The molecule has 4 rings (SSSR count). The third kappa shape index (κ3) is 2.77. The van der Waals surface area contributed by atoms with Gasteiger partial charge < -0.3 is 15.2 Å². The number of carboxylic acids is 1. The normalized spacial score (nSPS) is 15.8. The molecule has 134 valence electrons. The highest BCUT2D eigenvalue weighted by molar-refractivity contribution is 5.85. The molecule has 3 N–H and O–H groups in total. The molecule has 6 heteroatoms. The van der Waals surface area contributed by atoms with Crippen molar-refractivity contribution in [2.75, 3.05) is 6.54 Å². The summed E-state index contributed by atoms with van der Waals surface area (Å²) in [4.78, 5) is 17.3. The number of aromatic amines is 1. The smallest absolute Gasteiger partial charge is 0.325 e. The fraction of sp³-hybridized carbons (Fsp3) is 0.250. The summed E-state index contributed by atoms with van der Waals surface area (Å²) in [5.74, 6) is -1.51. The summed E-state index contributed by atoms with van der Waals surface area (Å²) >= 11 is 0. The molecule has 0 saturated carbocycles. The van der Waals surface area contributed by atoms with E-state index in [-0.39, 0.29) is 5.56 Å². The first-order valence-corrected chi connectivity index (χ1v) is 8.53. The number of aliphatic hydroxyl groups excluding tert-OH is 1. The second kappa shape index (κ2) is 6.55. The summed E-state index contributed by atoms with van der Waals surface area (Å²) in [6.45, 7) is 0.628. The van der Waals surface area contributed by atoms with Crippen LogP contribution in [0.1, 0.15) is 28.4 Å². The molecular weight excluding hydrogens is 335 g/mol. The molecule has 2 heterocycles. The molecule has 0 spiro atoms. The van der Waals surface area contributed by atoms with E-state index in [2.05, 4.69) is 4.98 Å². The van der Waals surface area contributed by atoms with Crippen molar-refractivity contribution in [1.29, 1.82) is 0 Å². The summed E-state index contributed by atoms with van der Waals surface area (Å²) in [6.07, 6.45) is 0.724. The minimum absolute atomic E-state index is 0.110. The Kier molecular flexibility index (Phi) is 4.22. The Morgan fingerprint density at radius 2 is 2.08 bits per heavy atom. The molecule has 1 aliphatic rings. The number of para-hydroxylation sites is 1. The quantitative estimate of drug-likeness (QED) is 0.673. The number of hydrogen-bond donors (Lipinski definition) is 3.